The average molecular weight is 258 g/mol. The number of anilines is 1. The number of aromatic nitrogens is 2. The summed E-state index contributed by atoms with van der Waals surface area (Å²) >= 11 is 0. The molecule has 2 aromatic rings. The second kappa shape index (κ2) is 4.61. The van der Waals surface area contributed by atoms with Gasteiger partial charge in [-0.05, 0) is 39.0 Å². The highest BCUT2D eigenvalue weighted by Gasteiger charge is 2.17. The van der Waals surface area contributed by atoms with Crippen LogP contribution in [0.3, 0.4) is 0 Å². The third-order valence-electron chi connectivity index (χ3n) is 2.30. The number of carbonyl (C=O) groups excluding carboxylic acids is 1. The van der Waals surface area contributed by atoms with Crippen molar-refractivity contribution in [2.24, 2.45) is 0 Å². The highest BCUT2D eigenvalue weighted by molar-refractivity contribution is 5.90. The number of carbonyl (C=O) groups is 1. The molecule has 0 saturated heterocycles. The molecule has 98 valence electrons. The van der Waals surface area contributed by atoms with Gasteiger partial charge in [-0.2, -0.15) is 10.4 Å². The summed E-state index contributed by atoms with van der Waals surface area (Å²) in [4.78, 5) is 11.7. The number of fused-ring (bicyclic) bond motifs is 1. The summed E-state index contributed by atoms with van der Waals surface area (Å²) in [6.45, 7) is 5.37. The van der Waals surface area contributed by atoms with Crippen LogP contribution in [-0.2, 0) is 4.74 Å². The monoisotopic (exact) mass is 258 g/mol. The van der Waals surface area contributed by atoms with E-state index >= 15 is 0 Å². The number of rotatable bonds is 1. The normalized spacial score (nSPS) is 11.1. The zero-order chi connectivity index (χ0) is 14.0. The first-order valence-electron chi connectivity index (χ1n) is 5.77. The van der Waals surface area contributed by atoms with Crippen LogP contribution < -0.4 is 5.32 Å². The highest BCUT2D eigenvalue weighted by Crippen LogP contribution is 2.19. The van der Waals surface area contributed by atoms with Gasteiger partial charge in [0.15, 0.2) is 0 Å². The number of nitriles is 1. The van der Waals surface area contributed by atoms with Crippen LogP contribution in [0.4, 0.5) is 10.5 Å². The fourth-order valence-electron chi connectivity index (χ4n) is 1.62. The quantitative estimate of drug-likeness (QED) is 0.852. The number of pyridine rings is 1. The Labute approximate surface area is 110 Å². The predicted molar refractivity (Wildman–Crippen MR) is 69.8 cm³/mol. The van der Waals surface area contributed by atoms with Gasteiger partial charge in [0, 0.05) is 0 Å². The van der Waals surface area contributed by atoms with Crippen LogP contribution in [0.5, 0.6) is 0 Å². The highest BCUT2D eigenvalue weighted by atomic mass is 16.6. The Hall–Kier alpha value is -2.55. The van der Waals surface area contributed by atoms with Crippen molar-refractivity contribution in [3.63, 3.8) is 0 Å². The molecule has 0 aromatic carbocycles. The van der Waals surface area contributed by atoms with Crippen LogP contribution in [0, 0.1) is 11.3 Å². The van der Waals surface area contributed by atoms with Gasteiger partial charge in [-0.1, -0.05) is 0 Å². The Balaban J connectivity index is 2.30. The lowest BCUT2D eigenvalue weighted by Gasteiger charge is -2.19. The Bertz CT molecular complexity index is 661. The van der Waals surface area contributed by atoms with E-state index in [9.17, 15) is 4.79 Å². The lowest BCUT2D eigenvalue weighted by molar-refractivity contribution is 0.0636. The molecular formula is C13H14N4O2. The number of amides is 1. The molecule has 2 aromatic heterocycles. The molecule has 6 heteroatoms. The van der Waals surface area contributed by atoms with Crippen LogP contribution >= 0.6 is 0 Å². The van der Waals surface area contributed by atoms with E-state index in [4.69, 9.17) is 10.00 Å². The first-order chi connectivity index (χ1) is 8.90. The minimum Gasteiger partial charge on any atom is -0.444 e. The molecule has 0 spiro atoms. The number of ether oxygens (including phenoxy) is 1. The summed E-state index contributed by atoms with van der Waals surface area (Å²) in [6.07, 6.45) is 1.02. The lowest BCUT2D eigenvalue weighted by Crippen LogP contribution is -2.27. The molecular weight excluding hydrogens is 244 g/mol. The van der Waals surface area contributed by atoms with Gasteiger partial charge in [0.05, 0.1) is 17.4 Å². The molecule has 0 radical (unpaired) electrons. The molecule has 1 N–H and O–H groups in total. The van der Waals surface area contributed by atoms with Crippen LogP contribution in [0.1, 0.15) is 26.5 Å². The van der Waals surface area contributed by atoms with E-state index in [0.717, 1.165) is 0 Å². The maximum Gasteiger partial charge on any atom is 0.412 e. The summed E-state index contributed by atoms with van der Waals surface area (Å²) < 4.78 is 6.64. The number of nitrogens with zero attached hydrogens (tertiary/aromatic N) is 3. The topological polar surface area (TPSA) is 79.4 Å². The minimum absolute atomic E-state index is 0.398. The van der Waals surface area contributed by atoms with Gasteiger partial charge in [-0.3, -0.25) is 5.32 Å². The summed E-state index contributed by atoms with van der Waals surface area (Å²) in [7, 11) is 0. The van der Waals surface area contributed by atoms with Crippen molar-refractivity contribution in [2.45, 2.75) is 26.4 Å². The van der Waals surface area contributed by atoms with Gasteiger partial charge in [0.1, 0.15) is 17.4 Å². The predicted octanol–water partition coefficient (Wildman–Crippen LogP) is 2.55. The van der Waals surface area contributed by atoms with E-state index in [1.165, 1.54) is 4.52 Å². The van der Waals surface area contributed by atoms with Crippen LogP contribution in [0.2, 0.25) is 0 Å². The summed E-state index contributed by atoms with van der Waals surface area (Å²) in [5.41, 5.74) is 1.03. The Morgan fingerprint density at radius 1 is 1.42 bits per heavy atom. The maximum absolute atomic E-state index is 11.7. The first kappa shape index (κ1) is 12.9. The molecule has 0 aliphatic rings. The van der Waals surface area contributed by atoms with E-state index in [1.54, 1.807) is 45.2 Å². The largest absolute Gasteiger partial charge is 0.444 e. The standard InChI is InChI=1S/C13H14N4O2/c1-13(2,3)19-12(18)16-10-5-4-9(8-14)17-11(10)6-7-15-17/h4-7H,1-3H3,(H,16,18). The van der Waals surface area contributed by atoms with Crippen LogP contribution in [0.25, 0.3) is 5.52 Å². The third kappa shape index (κ3) is 2.83. The van der Waals surface area contributed by atoms with Gasteiger partial charge in [-0.25, -0.2) is 9.31 Å². The zero-order valence-corrected chi connectivity index (χ0v) is 11.0. The molecule has 0 atom stereocenters. The van der Waals surface area contributed by atoms with Crippen LogP contribution in [0.15, 0.2) is 24.4 Å². The van der Waals surface area contributed by atoms with Gasteiger partial charge < -0.3 is 4.74 Å². The van der Waals surface area contributed by atoms with E-state index in [-0.39, 0.29) is 0 Å². The lowest BCUT2D eigenvalue weighted by atomic mass is 10.2. The second-order valence-corrected chi connectivity index (χ2v) is 5.00. The Morgan fingerprint density at radius 3 is 2.79 bits per heavy atom. The number of hydrogen-bond acceptors (Lipinski definition) is 4. The Kier molecular flexibility index (Phi) is 3.13. The van der Waals surface area contributed by atoms with E-state index in [2.05, 4.69) is 10.4 Å². The van der Waals surface area contributed by atoms with Crippen molar-refractivity contribution < 1.29 is 9.53 Å². The molecule has 1 amide bonds. The zero-order valence-electron chi connectivity index (χ0n) is 11.0. The van der Waals surface area contributed by atoms with Crippen molar-refractivity contribution in [1.82, 2.24) is 9.61 Å². The van der Waals surface area contributed by atoms with Gasteiger partial charge in [0.25, 0.3) is 0 Å². The molecule has 0 bridgehead atoms. The summed E-state index contributed by atoms with van der Waals surface area (Å²) in [6, 6.07) is 6.99. The molecule has 0 unspecified atom stereocenters. The van der Waals surface area contributed by atoms with E-state index < -0.39 is 11.7 Å². The first-order valence-corrected chi connectivity index (χ1v) is 5.77. The molecule has 0 aliphatic carbocycles. The Morgan fingerprint density at radius 2 is 2.16 bits per heavy atom. The summed E-state index contributed by atoms with van der Waals surface area (Å²) in [5.74, 6) is 0. The van der Waals surface area contributed by atoms with E-state index in [0.29, 0.717) is 16.9 Å². The molecule has 2 rings (SSSR count). The van der Waals surface area contributed by atoms with Crippen molar-refractivity contribution in [2.75, 3.05) is 5.32 Å². The van der Waals surface area contributed by atoms with E-state index in [1.807, 2.05) is 6.07 Å². The van der Waals surface area contributed by atoms with Gasteiger partial charge >= 0.3 is 6.09 Å². The van der Waals surface area contributed by atoms with Crippen LogP contribution in [-0.4, -0.2) is 21.3 Å². The molecule has 0 aliphatic heterocycles. The van der Waals surface area contributed by atoms with Gasteiger partial charge in [-0.15, -0.1) is 0 Å². The van der Waals surface area contributed by atoms with Crippen molar-refractivity contribution in [1.29, 1.82) is 5.26 Å². The second-order valence-electron chi connectivity index (χ2n) is 5.00. The molecule has 0 fully saturated rings. The fourth-order valence-corrected chi connectivity index (χ4v) is 1.62. The molecule has 0 saturated carbocycles. The minimum atomic E-state index is -0.562. The summed E-state index contributed by atoms with van der Waals surface area (Å²) in [5, 5.41) is 15.6. The number of hydrogen-bond donors (Lipinski definition) is 1. The van der Waals surface area contributed by atoms with Crippen molar-refractivity contribution in [3.8, 4) is 6.07 Å². The molecule has 6 nitrogen and oxygen atoms in total. The molecule has 19 heavy (non-hydrogen) atoms. The third-order valence-corrected chi connectivity index (χ3v) is 2.30. The fraction of sp³-hybridized carbons (Fsp3) is 0.308. The maximum atomic E-state index is 11.7. The number of nitrogens with one attached hydrogen (secondary N) is 1. The smallest absolute Gasteiger partial charge is 0.412 e. The molecule has 2 heterocycles. The average Bonchev–Trinajstić information content (AvgIpc) is 2.76. The van der Waals surface area contributed by atoms with Crippen molar-refractivity contribution >= 4 is 17.3 Å². The van der Waals surface area contributed by atoms with Gasteiger partial charge in [0.2, 0.25) is 0 Å². The van der Waals surface area contributed by atoms with Crippen molar-refractivity contribution in [3.05, 3.63) is 30.1 Å². The SMILES string of the molecule is CC(C)(C)OC(=O)Nc1ccc(C#N)n2nccc12.